The summed E-state index contributed by atoms with van der Waals surface area (Å²) in [6, 6.07) is -0.429. The molecule has 1 atom stereocenters. The predicted molar refractivity (Wildman–Crippen MR) is 69.1 cm³/mol. The molecule has 0 heterocycles. The number of carbonyl (C=O) groups excluding carboxylic acids is 1. The first kappa shape index (κ1) is 16.6. The molecule has 5 heteroatoms. The normalized spacial score (nSPS) is 12.9. The summed E-state index contributed by atoms with van der Waals surface area (Å²) in [4.78, 5) is 22.2. The Labute approximate surface area is 109 Å². The summed E-state index contributed by atoms with van der Waals surface area (Å²) in [7, 11) is 5.58. The van der Waals surface area contributed by atoms with Gasteiger partial charge in [-0.05, 0) is 19.8 Å². The number of esters is 1. The highest BCUT2D eigenvalue weighted by Gasteiger charge is 2.30. The number of ether oxygens (including phenoxy) is 1. The Morgan fingerprint density at radius 1 is 1.28 bits per heavy atom. The maximum Gasteiger partial charge on any atom is 0.362 e. The molecule has 0 aromatic rings. The molecule has 0 amide bonds. The predicted octanol–water partition coefficient (Wildman–Crippen LogP) is 1.44. The average Bonchev–Trinajstić information content (AvgIpc) is 2.19. The van der Waals surface area contributed by atoms with Crippen molar-refractivity contribution in [3.8, 4) is 0 Å². The molecule has 18 heavy (non-hydrogen) atoms. The van der Waals surface area contributed by atoms with Crippen LogP contribution in [0.3, 0.4) is 0 Å². The molecule has 0 saturated heterocycles. The summed E-state index contributed by atoms with van der Waals surface area (Å²) >= 11 is 0. The molecule has 0 aliphatic heterocycles. The van der Waals surface area contributed by atoms with Crippen molar-refractivity contribution in [3.63, 3.8) is 0 Å². The van der Waals surface area contributed by atoms with Gasteiger partial charge in [0.1, 0.15) is 0 Å². The van der Waals surface area contributed by atoms with Crippen molar-refractivity contribution in [3.05, 3.63) is 12.2 Å². The van der Waals surface area contributed by atoms with Gasteiger partial charge in [0.25, 0.3) is 0 Å². The number of hydrogen-bond acceptors (Lipinski definition) is 3. The van der Waals surface area contributed by atoms with E-state index in [1.54, 1.807) is 6.92 Å². The van der Waals surface area contributed by atoms with Crippen LogP contribution in [-0.4, -0.2) is 55.3 Å². The zero-order valence-electron chi connectivity index (χ0n) is 11.7. The Morgan fingerprint density at radius 2 is 1.83 bits per heavy atom. The van der Waals surface area contributed by atoms with E-state index in [4.69, 9.17) is 9.84 Å². The fraction of sp³-hybridized carbons (Fsp3) is 0.692. The van der Waals surface area contributed by atoms with Gasteiger partial charge in [-0.2, -0.15) is 0 Å². The molecule has 5 nitrogen and oxygen atoms in total. The van der Waals surface area contributed by atoms with E-state index >= 15 is 0 Å². The summed E-state index contributed by atoms with van der Waals surface area (Å²) in [5.41, 5.74) is 0.379. The fourth-order valence-electron chi connectivity index (χ4n) is 1.57. The summed E-state index contributed by atoms with van der Waals surface area (Å²) in [5, 5.41) is 9.11. The first-order chi connectivity index (χ1) is 8.16. The second-order valence-electron chi connectivity index (χ2n) is 5.38. The van der Waals surface area contributed by atoms with Crippen LogP contribution in [0.4, 0.5) is 0 Å². The number of carboxylic acid groups (broad SMARTS) is 1. The molecule has 0 fully saturated rings. The lowest BCUT2D eigenvalue weighted by Gasteiger charge is -2.31. The topological polar surface area (TPSA) is 63.6 Å². The molecule has 0 radical (unpaired) electrons. The first-order valence-electron chi connectivity index (χ1n) is 6.02. The highest BCUT2D eigenvalue weighted by molar-refractivity contribution is 5.86. The number of unbranched alkanes of at least 4 members (excludes halogenated alkanes) is 1. The first-order valence-corrected chi connectivity index (χ1v) is 6.02. The molecule has 0 aliphatic rings. The molecule has 104 valence electrons. The number of hydrogen-bond donors (Lipinski definition) is 1. The lowest BCUT2D eigenvalue weighted by Crippen LogP contribution is -2.49. The summed E-state index contributed by atoms with van der Waals surface area (Å²) in [6.07, 6.45) is 1.96. The van der Waals surface area contributed by atoms with Crippen LogP contribution in [0.25, 0.3) is 0 Å². The maximum absolute atomic E-state index is 11.1. The minimum atomic E-state index is -0.790. The smallest absolute Gasteiger partial charge is 0.362 e. The van der Waals surface area contributed by atoms with Crippen molar-refractivity contribution in [1.82, 2.24) is 0 Å². The van der Waals surface area contributed by atoms with Crippen LogP contribution in [0.15, 0.2) is 12.2 Å². The van der Waals surface area contributed by atoms with Crippen LogP contribution in [0.2, 0.25) is 0 Å². The highest BCUT2D eigenvalue weighted by Crippen LogP contribution is 2.12. The van der Waals surface area contributed by atoms with Gasteiger partial charge >= 0.3 is 11.9 Å². The Hall–Kier alpha value is -1.36. The van der Waals surface area contributed by atoms with E-state index in [0.717, 1.165) is 6.42 Å². The Balaban J connectivity index is 3.93. The zero-order valence-corrected chi connectivity index (χ0v) is 11.7. The lowest BCUT2D eigenvalue weighted by molar-refractivity contribution is -0.887. The van der Waals surface area contributed by atoms with E-state index in [1.165, 1.54) is 0 Å². The molecular weight excluding hydrogens is 234 g/mol. The zero-order chi connectivity index (χ0) is 14.3. The van der Waals surface area contributed by atoms with Crippen LogP contribution in [0.1, 0.15) is 26.2 Å². The van der Waals surface area contributed by atoms with Gasteiger partial charge < -0.3 is 14.3 Å². The number of aliphatic carboxylic acids is 1. The van der Waals surface area contributed by atoms with E-state index in [0.29, 0.717) is 29.5 Å². The maximum atomic E-state index is 11.1. The molecule has 0 rings (SSSR count). The molecule has 0 aromatic heterocycles. The second kappa shape index (κ2) is 7.16. The van der Waals surface area contributed by atoms with E-state index in [1.807, 2.05) is 21.1 Å². The van der Waals surface area contributed by atoms with E-state index in [-0.39, 0.29) is 0 Å². The van der Waals surface area contributed by atoms with Crippen LogP contribution in [-0.2, 0) is 14.3 Å². The van der Waals surface area contributed by atoms with Crippen molar-refractivity contribution in [1.29, 1.82) is 0 Å². The van der Waals surface area contributed by atoms with Crippen molar-refractivity contribution in [2.75, 3.05) is 27.7 Å². The van der Waals surface area contributed by atoms with Gasteiger partial charge in [0, 0.05) is 12.0 Å². The standard InChI is InChI=1S/C13H23NO4/c1-10(2)13(17)18-9-7-6-8-11(12(15)16)14(3,4)5/h11H,1,6-9H2,2-5H3/p+1. The molecule has 0 aromatic carbocycles. The van der Waals surface area contributed by atoms with Gasteiger partial charge in [-0.15, -0.1) is 0 Å². The quantitative estimate of drug-likeness (QED) is 0.310. The SMILES string of the molecule is C=C(C)C(=O)OCCCCC(C(=O)O)[N+](C)(C)C. The molecule has 0 saturated carbocycles. The largest absolute Gasteiger partial charge is 0.477 e. The van der Waals surface area contributed by atoms with Crippen molar-refractivity contribution in [2.45, 2.75) is 32.2 Å². The summed E-state index contributed by atoms with van der Waals surface area (Å²) in [5.74, 6) is -1.18. The highest BCUT2D eigenvalue weighted by atomic mass is 16.5. The number of quaternary nitrogens is 1. The molecule has 1 unspecified atom stereocenters. The van der Waals surface area contributed by atoms with Gasteiger partial charge in [0.2, 0.25) is 0 Å². The van der Waals surface area contributed by atoms with E-state index in [9.17, 15) is 9.59 Å². The van der Waals surface area contributed by atoms with Gasteiger partial charge in [0.15, 0.2) is 6.04 Å². The molecule has 0 bridgehead atoms. The van der Waals surface area contributed by atoms with Crippen LogP contribution >= 0.6 is 0 Å². The van der Waals surface area contributed by atoms with Crippen LogP contribution < -0.4 is 0 Å². The Morgan fingerprint density at radius 3 is 2.22 bits per heavy atom. The lowest BCUT2D eigenvalue weighted by atomic mass is 10.1. The van der Waals surface area contributed by atoms with Crippen molar-refractivity contribution >= 4 is 11.9 Å². The molecule has 0 aliphatic carbocycles. The Kier molecular flexibility index (Phi) is 6.62. The monoisotopic (exact) mass is 258 g/mol. The van der Waals surface area contributed by atoms with Gasteiger partial charge in [-0.3, -0.25) is 0 Å². The van der Waals surface area contributed by atoms with Gasteiger partial charge in [-0.25, -0.2) is 9.59 Å². The number of likely N-dealkylation sites (N-methyl/N-ethyl adjacent to an activating group) is 1. The fourth-order valence-corrected chi connectivity index (χ4v) is 1.57. The third-order valence-corrected chi connectivity index (χ3v) is 2.67. The number of nitrogens with zero attached hydrogens (tertiary/aromatic N) is 1. The van der Waals surface area contributed by atoms with Gasteiger partial charge in [0.05, 0.1) is 27.7 Å². The molecular formula is C13H24NO4+. The number of carbonyl (C=O) groups is 2. The summed E-state index contributed by atoms with van der Waals surface area (Å²) in [6.45, 7) is 5.39. The number of rotatable bonds is 8. The Bertz CT molecular complexity index is 317. The third-order valence-electron chi connectivity index (χ3n) is 2.67. The minimum Gasteiger partial charge on any atom is -0.477 e. The van der Waals surface area contributed by atoms with E-state index in [2.05, 4.69) is 6.58 Å². The van der Waals surface area contributed by atoms with Crippen molar-refractivity contribution in [2.24, 2.45) is 0 Å². The molecule has 1 N–H and O–H groups in total. The number of carboxylic acids is 1. The average molecular weight is 258 g/mol. The minimum absolute atomic E-state index is 0.315. The van der Waals surface area contributed by atoms with E-state index < -0.39 is 18.0 Å². The second-order valence-corrected chi connectivity index (χ2v) is 5.38. The third kappa shape index (κ3) is 6.39. The summed E-state index contributed by atoms with van der Waals surface area (Å²) < 4.78 is 5.33. The van der Waals surface area contributed by atoms with Crippen LogP contribution in [0, 0.1) is 0 Å². The molecule has 0 spiro atoms. The van der Waals surface area contributed by atoms with Gasteiger partial charge in [-0.1, -0.05) is 6.58 Å². The van der Waals surface area contributed by atoms with Crippen LogP contribution in [0.5, 0.6) is 0 Å². The van der Waals surface area contributed by atoms with Crippen molar-refractivity contribution < 1.29 is 23.9 Å².